The smallest absolute Gasteiger partial charge is 0.302 e. The molecule has 0 fully saturated rings. The molecule has 0 heterocycles. The third kappa shape index (κ3) is 20.0. The minimum Gasteiger partial charge on any atom is -0.463 e. The Kier molecular flexibility index (Phi) is 22.9. The van der Waals surface area contributed by atoms with E-state index in [0.717, 1.165) is 49.7 Å². The van der Waals surface area contributed by atoms with Crippen molar-refractivity contribution in [1.82, 2.24) is 10.6 Å². The second-order valence-electron chi connectivity index (χ2n) is 16.4. The van der Waals surface area contributed by atoms with E-state index in [0.29, 0.717) is 49.7 Å². The lowest BCUT2D eigenvalue weighted by Crippen LogP contribution is -2.55. The third-order valence-corrected chi connectivity index (χ3v) is 10.9. The van der Waals surface area contributed by atoms with Crippen LogP contribution in [0.2, 0.25) is 0 Å². The molecular weight excluding hydrogens is 813 g/mol. The summed E-state index contributed by atoms with van der Waals surface area (Å²) >= 11 is 0. The van der Waals surface area contributed by atoms with Gasteiger partial charge in [0.2, 0.25) is 11.8 Å². The van der Waals surface area contributed by atoms with Gasteiger partial charge >= 0.3 is 11.9 Å². The number of esters is 2. The topological polar surface area (TPSA) is 185 Å². The van der Waals surface area contributed by atoms with Gasteiger partial charge in [0.1, 0.15) is 18.8 Å². The molecule has 4 aromatic carbocycles. The molecule has 0 spiro atoms. The van der Waals surface area contributed by atoms with Gasteiger partial charge in [0, 0.05) is 51.7 Å². The zero-order valence-electron chi connectivity index (χ0n) is 37.9. The summed E-state index contributed by atoms with van der Waals surface area (Å²) in [6.45, 7) is 4.38. The highest BCUT2D eigenvalue weighted by molar-refractivity contribution is 5.96. The summed E-state index contributed by atoms with van der Waals surface area (Å²) in [6, 6.07) is 35.3. The van der Waals surface area contributed by atoms with Crippen LogP contribution in [0.15, 0.2) is 109 Å². The first-order valence-electron chi connectivity index (χ1n) is 22.0. The SMILES string of the molecule is CC(=O)NC(CCc1ccc(C(=O)CCCCc2ccccc2)cc1)(COC(C)=O)COC(C)=O.CC(=O)NC(CO)(CO)CCc1ccc(C(=O)CCCCc2ccccc2)cc1. The van der Waals surface area contributed by atoms with Crippen molar-refractivity contribution in [2.24, 2.45) is 0 Å². The average Bonchev–Trinajstić information content (AvgIpc) is 3.29. The van der Waals surface area contributed by atoms with Crippen LogP contribution in [0.1, 0.15) is 122 Å². The highest BCUT2D eigenvalue weighted by Gasteiger charge is 2.34. The second kappa shape index (κ2) is 27.9. The van der Waals surface area contributed by atoms with E-state index in [1.165, 1.54) is 38.8 Å². The first-order chi connectivity index (χ1) is 30.7. The lowest BCUT2D eigenvalue weighted by atomic mass is 9.91. The molecule has 64 heavy (non-hydrogen) atoms. The number of unbranched alkanes of at least 4 members (excludes halogenated alkanes) is 2. The molecule has 0 aliphatic heterocycles. The fraction of sp³-hybridized carbons (Fsp3) is 0.423. The number of benzene rings is 4. The monoisotopic (exact) mass is 878 g/mol. The number of aryl methyl sites for hydroxylation is 4. The minimum absolute atomic E-state index is 0.113. The summed E-state index contributed by atoms with van der Waals surface area (Å²) < 4.78 is 10.3. The Morgan fingerprint density at radius 3 is 1.14 bits per heavy atom. The van der Waals surface area contributed by atoms with Gasteiger partial charge < -0.3 is 30.3 Å². The van der Waals surface area contributed by atoms with Crippen molar-refractivity contribution in [2.45, 2.75) is 116 Å². The maximum atomic E-state index is 12.6. The molecule has 0 saturated heterocycles. The van der Waals surface area contributed by atoms with E-state index in [9.17, 15) is 39.0 Å². The molecular formula is C52H66N2O10. The number of carbonyl (C=O) groups is 6. The molecule has 4 rings (SSSR count). The van der Waals surface area contributed by atoms with Gasteiger partial charge in [-0.1, -0.05) is 109 Å². The minimum atomic E-state index is -1.05. The quantitative estimate of drug-likeness (QED) is 0.0284. The number of aliphatic hydroxyl groups is 2. The van der Waals surface area contributed by atoms with Crippen molar-refractivity contribution in [1.29, 1.82) is 0 Å². The predicted molar refractivity (Wildman–Crippen MR) is 247 cm³/mol. The zero-order valence-corrected chi connectivity index (χ0v) is 37.9. The number of ketones is 2. The molecule has 4 N–H and O–H groups in total. The average molecular weight is 879 g/mol. The van der Waals surface area contributed by atoms with Crippen LogP contribution in [0.4, 0.5) is 0 Å². The van der Waals surface area contributed by atoms with Crippen LogP contribution in [0.3, 0.4) is 0 Å². The highest BCUT2D eigenvalue weighted by Crippen LogP contribution is 2.20. The van der Waals surface area contributed by atoms with E-state index in [1.54, 1.807) is 0 Å². The standard InChI is InChI=1S/C28H35NO6.C24H31NO4/c1-21(30)29-28(19-34-22(2)31,20-35-23(3)32)18-17-25-13-15-26(16-14-25)27(33)12-8-7-11-24-9-5-4-6-10-24;1-19(28)25-24(17-26,18-27)16-15-21-11-13-22(14-12-21)23(29)10-6-5-9-20-7-3-2-4-8-20/h4-6,9-10,13-16H,7-8,11-12,17-20H2,1-3H3,(H,29,30);2-4,7-8,11-14,26-27H,5-6,9-10,15-18H2,1H3,(H,25,28). The van der Waals surface area contributed by atoms with E-state index >= 15 is 0 Å². The van der Waals surface area contributed by atoms with Crippen LogP contribution in [-0.2, 0) is 54.3 Å². The summed E-state index contributed by atoms with van der Waals surface area (Å²) in [5.41, 5.74) is 3.81. The molecule has 0 unspecified atom stereocenters. The molecule has 0 bridgehead atoms. The van der Waals surface area contributed by atoms with Gasteiger partial charge in [-0.25, -0.2) is 0 Å². The Bertz CT molecular complexity index is 2030. The Hall–Kier alpha value is -5.98. The molecule has 0 radical (unpaired) electrons. The number of carbonyl (C=O) groups excluding carboxylic acids is 6. The Morgan fingerprint density at radius 1 is 0.453 bits per heavy atom. The number of hydrogen-bond donors (Lipinski definition) is 4. The van der Waals surface area contributed by atoms with Crippen LogP contribution in [0.5, 0.6) is 0 Å². The summed E-state index contributed by atoms with van der Waals surface area (Å²) in [5, 5.41) is 24.6. The third-order valence-electron chi connectivity index (χ3n) is 10.9. The molecule has 0 aromatic heterocycles. The van der Waals surface area contributed by atoms with Crippen molar-refractivity contribution < 1.29 is 48.5 Å². The molecule has 2 amide bonds. The lowest BCUT2D eigenvalue weighted by molar-refractivity contribution is -0.150. The van der Waals surface area contributed by atoms with Crippen LogP contribution >= 0.6 is 0 Å². The summed E-state index contributed by atoms with van der Waals surface area (Å²) in [5.74, 6) is -1.34. The predicted octanol–water partition coefficient (Wildman–Crippen LogP) is 7.29. The maximum Gasteiger partial charge on any atom is 0.302 e. The molecule has 0 aliphatic rings. The van der Waals surface area contributed by atoms with Crippen molar-refractivity contribution in [3.8, 4) is 0 Å². The molecule has 12 heteroatoms. The number of rotatable bonds is 26. The number of hydrogen-bond acceptors (Lipinski definition) is 10. The van der Waals surface area contributed by atoms with Crippen molar-refractivity contribution >= 4 is 35.3 Å². The molecule has 344 valence electrons. The lowest BCUT2D eigenvalue weighted by Gasteiger charge is -2.33. The first kappa shape index (κ1) is 52.4. The van der Waals surface area contributed by atoms with Crippen LogP contribution in [-0.4, -0.2) is 83.0 Å². The van der Waals surface area contributed by atoms with Gasteiger partial charge in [-0.2, -0.15) is 0 Å². The Labute approximate surface area is 378 Å². The summed E-state index contributed by atoms with van der Waals surface area (Å²) in [6.07, 6.45) is 8.51. The molecule has 12 nitrogen and oxygen atoms in total. The fourth-order valence-electron chi connectivity index (χ4n) is 7.19. The first-order valence-corrected chi connectivity index (χ1v) is 22.0. The zero-order chi connectivity index (χ0) is 46.8. The van der Waals surface area contributed by atoms with Gasteiger partial charge in [0.25, 0.3) is 0 Å². The summed E-state index contributed by atoms with van der Waals surface area (Å²) in [4.78, 5) is 70.9. The van der Waals surface area contributed by atoms with Gasteiger partial charge in [0.05, 0.1) is 18.8 Å². The number of amides is 2. The van der Waals surface area contributed by atoms with E-state index in [4.69, 9.17) is 9.47 Å². The summed E-state index contributed by atoms with van der Waals surface area (Å²) in [7, 11) is 0. The van der Waals surface area contributed by atoms with E-state index < -0.39 is 23.0 Å². The number of ether oxygens (including phenoxy) is 2. The number of aliphatic hydroxyl groups excluding tert-OH is 2. The van der Waals surface area contributed by atoms with Crippen LogP contribution in [0.25, 0.3) is 0 Å². The number of nitrogens with one attached hydrogen (secondary N) is 2. The van der Waals surface area contributed by atoms with Crippen LogP contribution in [0, 0.1) is 0 Å². The largest absolute Gasteiger partial charge is 0.463 e. The molecule has 0 aliphatic carbocycles. The van der Waals surface area contributed by atoms with Crippen molar-refractivity contribution in [3.63, 3.8) is 0 Å². The van der Waals surface area contributed by atoms with Gasteiger partial charge in [-0.15, -0.1) is 0 Å². The Morgan fingerprint density at radius 2 is 0.797 bits per heavy atom. The fourth-order valence-corrected chi connectivity index (χ4v) is 7.19. The molecule has 4 aromatic rings. The van der Waals surface area contributed by atoms with Crippen LogP contribution < -0.4 is 10.6 Å². The van der Waals surface area contributed by atoms with Crippen molar-refractivity contribution in [2.75, 3.05) is 26.4 Å². The normalized spacial score (nSPS) is 11.1. The van der Waals surface area contributed by atoms with E-state index in [-0.39, 0.29) is 49.8 Å². The molecule has 0 atom stereocenters. The number of Topliss-reactive ketones (excluding diaryl/α,β-unsaturated/α-hetero) is 2. The highest BCUT2D eigenvalue weighted by atomic mass is 16.5. The maximum absolute atomic E-state index is 12.6. The Balaban J connectivity index is 0.000000346. The molecule has 0 saturated carbocycles. The van der Waals surface area contributed by atoms with Gasteiger partial charge in [-0.3, -0.25) is 28.8 Å². The van der Waals surface area contributed by atoms with Crippen molar-refractivity contribution in [3.05, 3.63) is 143 Å². The van der Waals surface area contributed by atoms with Gasteiger partial charge in [-0.05, 0) is 86.5 Å². The van der Waals surface area contributed by atoms with E-state index in [2.05, 4.69) is 34.9 Å². The van der Waals surface area contributed by atoms with E-state index in [1.807, 2.05) is 84.9 Å². The second-order valence-corrected chi connectivity index (χ2v) is 16.4. The van der Waals surface area contributed by atoms with Gasteiger partial charge in [0.15, 0.2) is 11.6 Å².